The van der Waals surface area contributed by atoms with E-state index in [4.69, 9.17) is 23.7 Å². The molecule has 38 heavy (non-hydrogen) atoms. The van der Waals surface area contributed by atoms with E-state index in [2.05, 4.69) is 0 Å². The third-order valence-electron chi connectivity index (χ3n) is 6.76. The average molecular weight is 565 g/mol. The summed E-state index contributed by atoms with van der Waals surface area (Å²) >= 11 is 0. The topological polar surface area (TPSA) is 155 Å². The van der Waals surface area contributed by atoms with Crippen LogP contribution in [0.4, 0.5) is 13.2 Å². The summed E-state index contributed by atoms with van der Waals surface area (Å²) in [6.07, 6.45) is -8.90. The van der Waals surface area contributed by atoms with Crippen LogP contribution in [0.5, 0.6) is 5.75 Å². The average Bonchev–Trinajstić information content (AvgIpc) is 3.41. The van der Waals surface area contributed by atoms with Gasteiger partial charge in [0.05, 0.1) is 27.0 Å². The number of esters is 3. The van der Waals surface area contributed by atoms with E-state index in [-0.39, 0.29) is 5.56 Å². The van der Waals surface area contributed by atoms with Gasteiger partial charge in [0, 0.05) is 0 Å². The second kappa shape index (κ2) is 9.68. The molecule has 6 atom stereocenters. The Bertz CT molecular complexity index is 1240. The highest BCUT2D eigenvalue weighted by atomic mass is 32.2. The lowest BCUT2D eigenvalue weighted by molar-refractivity contribution is -0.155. The zero-order chi connectivity index (χ0) is 28.2. The van der Waals surface area contributed by atoms with E-state index in [1.54, 1.807) is 20.8 Å². The predicted molar refractivity (Wildman–Crippen MR) is 117 cm³/mol. The van der Waals surface area contributed by atoms with Gasteiger partial charge in [-0.1, -0.05) is 6.92 Å². The molecule has 0 spiro atoms. The minimum Gasteiger partial charge on any atom is -0.748 e. The number of rotatable bonds is 9. The van der Waals surface area contributed by atoms with E-state index >= 15 is 0 Å². The van der Waals surface area contributed by atoms with Crippen molar-refractivity contribution in [1.29, 1.82) is 0 Å². The largest absolute Gasteiger partial charge is 0.748 e. The summed E-state index contributed by atoms with van der Waals surface area (Å²) in [4.78, 5) is 38.0. The van der Waals surface area contributed by atoms with Crippen molar-refractivity contribution in [2.75, 3.05) is 12.4 Å². The van der Waals surface area contributed by atoms with Gasteiger partial charge < -0.3 is 28.2 Å². The Labute approximate surface area is 215 Å². The fourth-order valence-corrected chi connectivity index (χ4v) is 4.90. The molecular formula is C23H24F3O11S-. The fraction of sp³-hybridized carbons (Fsp3) is 0.609. The van der Waals surface area contributed by atoms with Crippen LogP contribution in [-0.4, -0.2) is 73.3 Å². The summed E-state index contributed by atoms with van der Waals surface area (Å²) < 4.78 is 99.7. The van der Waals surface area contributed by atoms with Gasteiger partial charge in [-0.05, 0) is 38.5 Å². The van der Waals surface area contributed by atoms with E-state index < -0.39 is 99.7 Å². The molecule has 0 aliphatic carbocycles. The van der Waals surface area contributed by atoms with Gasteiger partial charge in [0.15, 0.2) is 12.2 Å². The van der Waals surface area contributed by atoms with Crippen LogP contribution < -0.4 is 4.74 Å². The van der Waals surface area contributed by atoms with E-state index in [0.29, 0.717) is 12.5 Å². The van der Waals surface area contributed by atoms with Crippen molar-refractivity contribution in [2.45, 2.75) is 63.4 Å². The Morgan fingerprint density at radius 1 is 1.13 bits per heavy atom. The van der Waals surface area contributed by atoms with E-state index in [9.17, 15) is 40.5 Å². The lowest BCUT2D eigenvalue weighted by atomic mass is 9.78. The highest BCUT2D eigenvalue weighted by Gasteiger charge is 2.72. The molecule has 0 amide bonds. The quantitative estimate of drug-likeness (QED) is 0.245. The standard InChI is InChI=1S/C23H25F3O11S/c1-4-22(2,3)37-12-9-10(5-6-11(12)23(24,25)26)19(27)35-17-15-13(20(28)33-7-8-38(30,31)32)14-16(34-15)18(17)36-21(14)29/h5-6,9,13-18H,4,7-8H2,1-3H3,(H,30,31,32)/p-1. The summed E-state index contributed by atoms with van der Waals surface area (Å²) in [5.41, 5.74) is -2.36. The maximum absolute atomic E-state index is 13.5. The van der Waals surface area contributed by atoms with Crippen molar-refractivity contribution in [3.8, 4) is 5.75 Å². The molecule has 1 aromatic rings. The molecule has 0 N–H and O–H groups in total. The third kappa shape index (κ3) is 5.45. The maximum atomic E-state index is 13.5. The molecule has 3 aliphatic heterocycles. The second-order valence-corrected chi connectivity index (χ2v) is 11.3. The highest BCUT2D eigenvalue weighted by Crippen LogP contribution is 2.51. The summed E-state index contributed by atoms with van der Waals surface area (Å²) in [5, 5.41) is 0. The zero-order valence-corrected chi connectivity index (χ0v) is 21.2. The third-order valence-corrected chi connectivity index (χ3v) is 7.42. The molecule has 11 nitrogen and oxygen atoms in total. The number of alkyl halides is 3. The van der Waals surface area contributed by atoms with Crippen molar-refractivity contribution < 1.29 is 64.2 Å². The fourth-order valence-electron chi connectivity index (χ4n) is 4.61. The van der Waals surface area contributed by atoms with Gasteiger partial charge in [0.25, 0.3) is 0 Å². The Kier molecular flexibility index (Phi) is 7.16. The van der Waals surface area contributed by atoms with E-state index in [1.807, 2.05) is 0 Å². The first-order chi connectivity index (χ1) is 17.5. The Morgan fingerprint density at radius 3 is 2.42 bits per heavy atom. The summed E-state index contributed by atoms with van der Waals surface area (Å²) in [6.45, 7) is 4.14. The predicted octanol–water partition coefficient (Wildman–Crippen LogP) is 1.83. The monoisotopic (exact) mass is 565 g/mol. The lowest BCUT2D eigenvalue weighted by Gasteiger charge is -2.28. The molecule has 4 rings (SSSR count). The van der Waals surface area contributed by atoms with Crippen LogP contribution >= 0.6 is 0 Å². The summed E-state index contributed by atoms with van der Waals surface area (Å²) in [6, 6.07) is 2.49. The molecule has 0 aromatic heterocycles. The van der Waals surface area contributed by atoms with Crippen LogP contribution in [0.1, 0.15) is 43.1 Å². The van der Waals surface area contributed by atoms with Crippen LogP contribution in [0.25, 0.3) is 0 Å². The Balaban J connectivity index is 1.54. The first-order valence-corrected chi connectivity index (χ1v) is 13.2. The molecule has 6 unspecified atom stereocenters. The molecule has 0 saturated carbocycles. The van der Waals surface area contributed by atoms with Gasteiger partial charge in [-0.15, -0.1) is 0 Å². The maximum Gasteiger partial charge on any atom is 0.419 e. The summed E-state index contributed by atoms with van der Waals surface area (Å²) in [5.74, 6) is -6.89. The number of halogens is 3. The van der Waals surface area contributed by atoms with Crippen LogP contribution in [-0.2, 0) is 44.8 Å². The van der Waals surface area contributed by atoms with Crippen molar-refractivity contribution in [2.24, 2.45) is 11.8 Å². The molecule has 1 aromatic carbocycles. The number of carbonyl (C=O) groups excluding carboxylic acids is 3. The molecule has 3 aliphatic rings. The van der Waals surface area contributed by atoms with Gasteiger partial charge in [0.1, 0.15) is 42.0 Å². The van der Waals surface area contributed by atoms with Crippen LogP contribution in [0.2, 0.25) is 0 Å². The molecule has 210 valence electrons. The van der Waals surface area contributed by atoms with Crippen molar-refractivity contribution in [1.82, 2.24) is 0 Å². The van der Waals surface area contributed by atoms with Crippen molar-refractivity contribution in [3.05, 3.63) is 29.3 Å². The first-order valence-electron chi connectivity index (χ1n) is 11.6. The van der Waals surface area contributed by atoms with Gasteiger partial charge in [-0.25, -0.2) is 13.2 Å². The number of fused-ring (bicyclic) bond motifs is 1. The first kappa shape index (κ1) is 28.1. The Morgan fingerprint density at radius 2 is 1.82 bits per heavy atom. The van der Waals surface area contributed by atoms with E-state index in [0.717, 1.165) is 12.1 Å². The normalized spacial score (nSPS) is 28.2. The van der Waals surface area contributed by atoms with Crippen LogP contribution in [0.15, 0.2) is 18.2 Å². The van der Waals surface area contributed by atoms with Gasteiger partial charge in [0.2, 0.25) is 0 Å². The van der Waals surface area contributed by atoms with Crippen LogP contribution in [0.3, 0.4) is 0 Å². The molecule has 3 saturated heterocycles. The van der Waals surface area contributed by atoms with Crippen molar-refractivity contribution >= 4 is 28.0 Å². The Hall–Kier alpha value is -2.91. The van der Waals surface area contributed by atoms with Gasteiger partial charge >= 0.3 is 24.1 Å². The number of hydrogen-bond donors (Lipinski definition) is 0. The lowest BCUT2D eigenvalue weighted by Crippen LogP contribution is -2.48. The minimum atomic E-state index is -4.76. The van der Waals surface area contributed by atoms with Gasteiger partial charge in [-0.2, -0.15) is 13.2 Å². The summed E-state index contributed by atoms with van der Waals surface area (Å²) in [7, 11) is -4.66. The van der Waals surface area contributed by atoms with Crippen LogP contribution in [0, 0.1) is 11.8 Å². The molecule has 3 heterocycles. The van der Waals surface area contributed by atoms with Gasteiger partial charge in [-0.3, -0.25) is 9.59 Å². The second-order valence-electron chi connectivity index (χ2n) is 9.74. The molecule has 0 radical (unpaired) electrons. The highest BCUT2D eigenvalue weighted by molar-refractivity contribution is 7.85. The minimum absolute atomic E-state index is 0.289. The SMILES string of the molecule is CCC(C)(C)Oc1cc(C(=O)OC2C3OC(=O)C4C3OC2C4C(=O)OCCS(=O)(=O)[O-])ccc1C(F)(F)F. The number of ether oxygens (including phenoxy) is 5. The smallest absolute Gasteiger partial charge is 0.419 e. The molecule has 2 bridgehead atoms. The molecular weight excluding hydrogens is 541 g/mol. The molecule has 15 heteroatoms. The number of hydrogen-bond acceptors (Lipinski definition) is 11. The number of carbonyl (C=O) groups is 3. The zero-order valence-electron chi connectivity index (χ0n) is 20.4. The van der Waals surface area contributed by atoms with Crippen molar-refractivity contribution in [3.63, 3.8) is 0 Å². The number of benzene rings is 1. The van der Waals surface area contributed by atoms with E-state index in [1.165, 1.54) is 0 Å². The molecule has 3 fully saturated rings.